The summed E-state index contributed by atoms with van der Waals surface area (Å²) >= 11 is 0. The van der Waals surface area contributed by atoms with Gasteiger partial charge in [0.05, 0.1) is 0 Å². The van der Waals surface area contributed by atoms with Crippen LogP contribution in [0.2, 0.25) is 0 Å². The molecule has 19 heavy (non-hydrogen) atoms. The number of rotatable bonds is 5. The highest BCUT2D eigenvalue weighted by molar-refractivity contribution is 5.27. The second-order valence-electron chi connectivity index (χ2n) is 7.28. The van der Waals surface area contributed by atoms with E-state index in [1.54, 1.807) is 0 Å². The molecule has 0 saturated heterocycles. The van der Waals surface area contributed by atoms with Crippen LogP contribution in [0.4, 0.5) is 0 Å². The first kappa shape index (κ1) is 14.5. The smallest absolute Gasteiger partial charge is 0.0499 e. The molecule has 1 aliphatic carbocycles. The van der Waals surface area contributed by atoms with Crippen LogP contribution < -0.4 is 0 Å². The zero-order valence-electron chi connectivity index (χ0n) is 12.7. The van der Waals surface area contributed by atoms with Gasteiger partial charge in [-0.3, -0.25) is 0 Å². The first-order chi connectivity index (χ1) is 8.85. The van der Waals surface area contributed by atoms with Crippen LogP contribution in [0.25, 0.3) is 0 Å². The van der Waals surface area contributed by atoms with Gasteiger partial charge in [0.25, 0.3) is 0 Å². The number of aliphatic hydroxyl groups excluding tert-OH is 1. The standard InChI is InChI=1S/C17H27NO/c1-16(2,3)15-7-5-14(6-8-15)11-18(4)12-17(13-19)9-10-17/h5-8,19H,9-13H2,1-4H3. The van der Waals surface area contributed by atoms with E-state index in [0.29, 0.717) is 6.61 Å². The highest BCUT2D eigenvalue weighted by Crippen LogP contribution is 2.45. The summed E-state index contributed by atoms with van der Waals surface area (Å²) < 4.78 is 0. The molecule has 2 rings (SSSR count). The van der Waals surface area contributed by atoms with Crippen LogP contribution in [-0.4, -0.2) is 30.2 Å². The Labute approximate surface area is 117 Å². The molecule has 0 radical (unpaired) electrons. The monoisotopic (exact) mass is 261 g/mol. The largest absolute Gasteiger partial charge is 0.396 e. The topological polar surface area (TPSA) is 23.5 Å². The Kier molecular flexibility index (Phi) is 4.03. The Hall–Kier alpha value is -0.860. The number of aliphatic hydroxyl groups is 1. The summed E-state index contributed by atoms with van der Waals surface area (Å²) in [4.78, 5) is 2.33. The van der Waals surface area contributed by atoms with Crippen LogP contribution in [0.5, 0.6) is 0 Å². The van der Waals surface area contributed by atoms with E-state index >= 15 is 0 Å². The SMILES string of the molecule is CN(Cc1ccc(C(C)(C)C)cc1)CC1(CO)CC1. The van der Waals surface area contributed by atoms with Gasteiger partial charge in [-0.25, -0.2) is 0 Å². The molecule has 2 heteroatoms. The van der Waals surface area contributed by atoms with E-state index in [4.69, 9.17) is 0 Å². The molecule has 1 aromatic carbocycles. The van der Waals surface area contributed by atoms with Crippen LogP contribution in [0, 0.1) is 5.41 Å². The molecule has 1 saturated carbocycles. The van der Waals surface area contributed by atoms with Crippen molar-refractivity contribution < 1.29 is 5.11 Å². The number of hydrogen-bond donors (Lipinski definition) is 1. The van der Waals surface area contributed by atoms with Crippen molar-refractivity contribution in [2.45, 2.75) is 45.6 Å². The van der Waals surface area contributed by atoms with Crippen molar-refractivity contribution in [3.63, 3.8) is 0 Å². The molecule has 1 aromatic rings. The first-order valence-electron chi connectivity index (χ1n) is 7.24. The van der Waals surface area contributed by atoms with E-state index < -0.39 is 0 Å². The van der Waals surface area contributed by atoms with Gasteiger partial charge in [0.15, 0.2) is 0 Å². The molecule has 0 aliphatic heterocycles. The van der Waals surface area contributed by atoms with Crippen LogP contribution in [0.3, 0.4) is 0 Å². The maximum Gasteiger partial charge on any atom is 0.0499 e. The molecule has 106 valence electrons. The van der Waals surface area contributed by atoms with Gasteiger partial charge in [-0.1, -0.05) is 45.0 Å². The van der Waals surface area contributed by atoms with Crippen LogP contribution in [0.15, 0.2) is 24.3 Å². The summed E-state index contributed by atoms with van der Waals surface area (Å²) in [5.41, 5.74) is 3.16. The van der Waals surface area contributed by atoms with Gasteiger partial charge in [-0.15, -0.1) is 0 Å². The predicted molar refractivity (Wildman–Crippen MR) is 80.2 cm³/mol. The minimum absolute atomic E-state index is 0.208. The fourth-order valence-corrected chi connectivity index (χ4v) is 2.59. The van der Waals surface area contributed by atoms with Gasteiger partial charge in [0.1, 0.15) is 0 Å². The zero-order valence-corrected chi connectivity index (χ0v) is 12.7. The van der Waals surface area contributed by atoms with E-state index in [-0.39, 0.29) is 10.8 Å². The van der Waals surface area contributed by atoms with Crippen molar-refractivity contribution in [2.75, 3.05) is 20.2 Å². The van der Waals surface area contributed by atoms with E-state index in [9.17, 15) is 5.11 Å². The lowest BCUT2D eigenvalue weighted by molar-refractivity contribution is 0.161. The molecule has 2 nitrogen and oxygen atoms in total. The van der Waals surface area contributed by atoms with Crippen molar-refractivity contribution in [2.24, 2.45) is 5.41 Å². The number of hydrogen-bond acceptors (Lipinski definition) is 2. The Morgan fingerprint density at radius 2 is 1.74 bits per heavy atom. The van der Waals surface area contributed by atoms with Gasteiger partial charge >= 0.3 is 0 Å². The molecule has 0 heterocycles. The lowest BCUT2D eigenvalue weighted by Crippen LogP contribution is -2.28. The molecule has 0 spiro atoms. The highest BCUT2D eigenvalue weighted by Gasteiger charge is 2.42. The maximum atomic E-state index is 9.37. The number of benzene rings is 1. The van der Waals surface area contributed by atoms with E-state index in [2.05, 4.69) is 57.0 Å². The lowest BCUT2D eigenvalue weighted by Gasteiger charge is -2.23. The first-order valence-corrected chi connectivity index (χ1v) is 7.24. The molecule has 0 unspecified atom stereocenters. The summed E-state index contributed by atoms with van der Waals surface area (Å²) in [6.07, 6.45) is 2.35. The van der Waals surface area contributed by atoms with Crippen molar-refractivity contribution in [3.05, 3.63) is 35.4 Å². The van der Waals surface area contributed by atoms with Crippen molar-refractivity contribution in [3.8, 4) is 0 Å². The van der Waals surface area contributed by atoms with Gasteiger partial charge in [-0.2, -0.15) is 0 Å². The average Bonchev–Trinajstić information content (AvgIpc) is 3.09. The van der Waals surface area contributed by atoms with Gasteiger partial charge in [0.2, 0.25) is 0 Å². The van der Waals surface area contributed by atoms with Crippen molar-refractivity contribution in [1.82, 2.24) is 4.90 Å². The second-order valence-corrected chi connectivity index (χ2v) is 7.28. The predicted octanol–water partition coefficient (Wildman–Crippen LogP) is 3.19. The molecule has 0 amide bonds. The molecule has 0 bridgehead atoms. The third kappa shape index (κ3) is 3.80. The van der Waals surface area contributed by atoms with Crippen LogP contribution in [-0.2, 0) is 12.0 Å². The molecule has 1 fully saturated rings. The maximum absolute atomic E-state index is 9.37. The normalized spacial score (nSPS) is 17.8. The summed E-state index contributed by atoms with van der Waals surface area (Å²) in [6.45, 7) is 9.03. The summed E-state index contributed by atoms with van der Waals surface area (Å²) in [5.74, 6) is 0. The van der Waals surface area contributed by atoms with E-state index in [1.807, 2.05) is 0 Å². The minimum atomic E-state index is 0.208. The molecule has 1 N–H and O–H groups in total. The Morgan fingerprint density at radius 3 is 2.16 bits per heavy atom. The van der Waals surface area contributed by atoms with Gasteiger partial charge in [-0.05, 0) is 36.4 Å². The van der Waals surface area contributed by atoms with Crippen LogP contribution in [0.1, 0.15) is 44.7 Å². The number of nitrogens with zero attached hydrogens (tertiary/aromatic N) is 1. The average molecular weight is 261 g/mol. The van der Waals surface area contributed by atoms with Gasteiger partial charge < -0.3 is 10.0 Å². The fraction of sp³-hybridized carbons (Fsp3) is 0.647. The molecule has 1 aliphatic rings. The van der Waals surface area contributed by atoms with E-state index in [0.717, 1.165) is 13.1 Å². The van der Waals surface area contributed by atoms with Gasteiger partial charge in [0, 0.05) is 25.1 Å². The summed E-state index contributed by atoms with van der Waals surface area (Å²) in [5, 5.41) is 9.37. The molecule has 0 aromatic heterocycles. The molecule has 0 atom stereocenters. The third-order valence-corrected chi connectivity index (χ3v) is 4.17. The quantitative estimate of drug-likeness (QED) is 0.880. The highest BCUT2D eigenvalue weighted by atomic mass is 16.3. The molecular weight excluding hydrogens is 234 g/mol. The summed E-state index contributed by atoms with van der Waals surface area (Å²) in [7, 11) is 2.15. The Morgan fingerprint density at radius 1 is 1.16 bits per heavy atom. The Bertz CT molecular complexity index is 412. The Balaban J connectivity index is 1.92. The lowest BCUT2D eigenvalue weighted by atomic mass is 9.87. The minimum Gasteiger partial charge on any atom is -0.396 e. The molecular formula is C17H27NO. The van der Waals surface area contributed by atoms with Crippen LogP contribution >= 0.6 is 0 Å². The van der Waals surface area contributed by atoms with Crippen molar-refractivity contribution >= 4 is 0 Å². The fourth-order valence-electron chi connectivity index (χ4n) is 2.59. The summed E-state index contributed by atoms with van der Waals surface area (Å²) in [6, 6.07) is 8.94. The van der Waals surface area contributed by atoms with Crippen molar-refractivity contribution in [1.29, 1.82) is 0 Å². The zero-order chi connectivity index (χ0) is 14.1. The van der Waals surface area contributed by atoms with E-state index in [1.165, 1.54) is 24.0 Å². The third-order valence-electron chi connectivity index (χ3n) is 4.17. The second kappa shape index (κ2) is 5.26.